The van der Waals surface area contributed by atoms with E-state index in [9.17, 15) is 0 Å². The number of aryl methyl sites for hydroxylation is 1. The summed E-state index contributed by atoms with van der Waals surface area (Å²) in [4.78, 5) is 7.01. The van der Waals surface area contributed by atoms with Crippen LogP contribution in [0.15, 0.2) is 4.52 Å². The Kier molecular flexibility index (Phi) is 5.98. The molecular formula is C15H28N4O. The van der Waals surface area contributed by atoms with Crippen LogP contribution in [-0.2, 0) is 13.0 Å². The van der Waals surface area contributed by atoms with Crippen molar-refractivity contribution >= 4 is 0 Å². The molecule has 0 bridgehead atoms. The second kappa shape index (κ2) is 7.74. The quantitative estimate of drug-likeness (QED) is 0.831. The van der Waals surface area contributed by atoms with Crippen molar-refractivity contribution in [3.8, 4) is 0 Å². The van der Waals surface area contributed by atoms with E-state index in [2.05, 4.69) is 41.1 Å². The summed E-state index contributed by atoms with van der Waals surface area (Å²) in [7, 11) is 0. The molecule has 0 aliphatic carbocycles. The van der Waals surface area contributed by atoms with Crippen LogP contribution in [0.2, 0.25) is 0 Å². The predicted octanol–water partition coefficient (Wildman–Crippen LogP) is 2.37. The summed E-state index contributed by atoms with van der Waals surface area (Å²) in [6, 6.07) is 1.16. The average molecular weight is 280 g/mol. The van der Waals surface area contributed by atoms with Gasteiger partial charge in [0, 0.05) is 31.6 Å². The van der Waals surface area contributed by atoms with Crippen LogP contribution in [0.5, 0.6) is 0 Å². The Hall–Kier alpha value is -0.940. The third-order valence-corrected chi connectivity index (χ3v) is 4.18. The molecule has 2 atom stereocenters. The molecule has 1 aliphatic rings. The fourth-order valence-electron chi connectivity index (χ4n) is 2.76. The molecule has 1 aliphatic heterocycles. The third-order valence-electron chi connectivity index (χ3n) is 4.18. The largest absolute Gasteiger partial charge is 0.338 e. The Morgan fingerprint density at radius 1 is 1.30 bits per heavy atom. The Labute approximate surface area is 122 Å². The second-order valence-corrected chi connectivity index (χ2v) is 5.71. The predicted molar refractivity (Wildman–Crippen MR) is 79.5 cm³/mol. The normalized spacial score (nSPS) is 24.1. The minimum absolute atomic E-state index is 0.573. The molecule has 0 saturated carbocycles. The van der Waals surface area contributed by atoms with Crippen LogP contribution < -0.4 is 5.32 Å². The summed E-state index contributed by atoms with van der Waals surface area (Å²) in [5.74, 6) is 1.63. The van der Waals surface area contributed by atoms with E-state index >= 15 is 0 Å². The van der Waals surface area contributed by atoms with Crippen molar-refractivity contribution in [3.05, 3.63) is 11.7 Å². The molecule has 5 nitrogen and oxygen atoms in total. The highest BCUT2D eigenvalue weighted by Crippen LogP contribution is 2.15. The van der Waals surface area contributed by atoms with Gasteiger partial charge in [-0.1, -0.05) is 32.3 Å². The number of unbranched alkanes of at least 4 members (excludes halogenated alkanes) is 1. The number of nitrogens with one attached hydrogen (secondary N) is 1. The van der Waals surface area contributed by atoms with E-state index in [1.165, 1.54) is 6.42 Å². The Morgan fingerprint density at radius 3 is 2.85 bits per heavy atom. The molecule has 0 radical (unpaired) electrons. The van der Waals surface area contributed by atoms with Gasteiger partial charge in [-0.2, -0.15) is 4.98 Å². The van der Waals surface area contributed by atoms with Crippen LogP contribution in [-0.4, -0.2) is 40.2 Å². The average Bonchev–Trinajstić information content (AvgIpc) is 2.92. The molecule has 1 aromatic heterocycles. The first-order valence-corrected chi connectivity index (χ1v) is 8.05. The van der Waals surface area contributed by atoms with Crippen LogP contribution in [0.3, 0.4) is 0 Å². The molecule has 1 aromatic rings. The fraction of sp³-hybridized carbons (Fsp3) is 0.867. The molecule has 1 fully saturated rings. The lowest BCUT2D eigenvalue weighted by molar-refractivity contribution is 0.104. The van der Waals surface area contributed by atoms with E-state index in [1.807, 2.05) is 0 Å². The van der Waals surface area contributed by atoms with Crippen molar-refractivity contribution in [2.75, 3.05) is 13.1 Å². The van der Waals surface area contributed by atoms with Crippen LogP contribution in [0.4, 0.5) is 0 Å². The van der Waals surface area contributed by atoms with Crippen molar-refractivity contribution in [2.24, 2.45) is 0 Å². The van der Waals surface area contributed by atoms with Gasteiger partial charge >= 0.3 is 0 Å². The summed E-state index contributed by atoms with van der Waals surface area (Å²) in [6.07, 6.45) is 5.54. The summed E-state index contributed by atoms with van der Waals surface area (Å²) < 4.78 is 5.40. The van der Waals surface area contributed by atoms with Gasteiger partial charge in [0.2, 0.25) is 5.89 Å². The SMILES string of the molecule is CCCCc1noc(CN2CC(CC)NCC2CC)n1. The van der Waals surface area contributed by atoms with E-state index in [-0.39, 0.29) is 0 Å². The van der Waals surface area contributed by atoms with Crippen molar-refractivity contribution in [2.45, 2.75) is 71.5 Å². The third kappa shape index (κ3) is 4.03. The molecule has 0 aromatic carbocycles. The smallest absolute Gasteiger partial charge is 0.240 e. The van der Waals surface area contributed by atoms with Crippen LogP contribution in [0.25, 0.3) is 0 Å². The fourth-order valence-corrected chi connectivity index (χ4v) is 2.76. The molecule has 2 rings (SSSR count). The molecule has 20 heavy (non-hydrogen) atoms. The number of nitrogens with zero attached hydrogens (tertiary/aromatic N) is 3. The number of hydrogen-bond donors (Lipinski definition) is 1. The Bertz CT molecular complexity index is 393. The summed E-state index contributed by atoms with van der Waals surface area (Å²) in [5.41, 5.74) is 0. The Balaban J connectivity index is 1.93. The number of piperazine rings is 1. The zero-order chi connectivity index (χ0) is 14.4. The summed E-state index contributed by atoms with van der Waals surface area (Å²) >= 11 is 0. The van der Waals surface area contributed by atoms with Crippen molar-refractivity contribution < 1.29 is 4.52 Å². The van der Waals surface area contributed by atoms with Gasteiger partial charge in [-0.15, -0.1) is 0 Å². The summed E-state index contributed by atoms with van der Waals surface area (Å²) in [6.45, 7) is 9.57. The molecule has 1 N–H and O–H groups in total. The molecule has 5 heteroatoms. The highest BCUT2D eigenvalue weighted by atomic mass is 16.5. The lowest BCUT2D eigenvalue weighted by atomic mass is 10.1. The van der Waals surface area contributed by atoms with Gasteiger partial charge in [0.15, 0.2) is 5.82 Å². The highest BCUT2D eigenvalue weighted by Gasteiger charge is 2.27. The summed E-state index contributed by atoms with van der Waals surface area (Å²) in [5, 5.41) is 7.69. The maximum atomic E-state index is 5.40. The van der Waals surface area contributed by atoms with Gasteiger partial charge in [-0.05, 0) is 19.3 Å². The Morgan fingerprint density at radius 2 is 2.15 bits per heavy atom. The first kappa shape index (κ1) is 15.4. The number of rotatable bonds is 7. The van der Waals surface area contributed by atoms with Gasteiger partial charge in [0.1, 0.15) is 0 Å². The van der Waals surface area contributed by atoms with Gasteiger partial charge in [0.25, 0.3) is 0 Å². The molecule has 1 saturated heterocycles. The monoisotopic (exact) mass is 280 g/mol. The standard InChI is InChI=1S/C15H28N4O/c1-4-7-8-14-17-15(20-18-14)11-19-10-12(5-2)16-9-13(19)6-3/h12-13,16H,4-11H2,1-3H3. The molecule has 2 unspecified atom stereocenters. The first-order chi connectivity index (χ1) is 9.76. The lowest BCUT2D eigenvalue weighted by Crippen LogP contribution is -2.55. The van der Waals surface area contributed by atoms with Crippen molar-refractivity contribution in [3.63, 3.8) is 0 Å². The van der Waals surface area contributed by atoms with E-state index in [4.69, 9.17) is 4.52 Å². The van der Waals surface area contributed by atoms with Crippen molar-refractivity contribution in [1.29, 1.82) is 0 Å². The van der Waals surface area contributed by atoms with E-state index in [1.54, 1.807) is 0 Å². The number of aromatic nitrogens is 2. The minimum Gasteiger partial charge on any atom is -0.338 e. The van der Waals surface area contributed by atoms with Crippen LogP contribution in [0.1, 0.15) is 58.2 Å². The molecule has 0 amide bonds. The van der Waals surface area contributed by atoms with Crippen molar-refractivity contribution in [1.82, 2.24) is 20.4 Å². The minimum atomic E-state index is 0.573. The maximum Gasteiger partial charge on any atom is 0.240 e. The lowest BCUT2D eigenvalue weighted by Gasteiger charge is -2.39. The topological polar surface area (TPSA) is 54.2 Å². The van der Waals surface area contributed by atoms with E-state index in [0.717, 1.165) is 57.0 Å². The van der Waals surface area contributed by atoms with Crippen LogP contribution in [0, 0.1) is 0 Å². The van der Waals surface area contributed by atoms with Gasteiger partial charge < -0.3 is 9.84 Å². The molecule has 0 spiro atoms. The van der Waals surface area contributed by atoms with Gasteiger partial charge in [-0.3, -0.25) is 4.90 Å². The van der Waals surface area contributed by atoms with Crippen LogP contribution >= 0.6 is 0 Å². The molecule has 114 valence electrons. The second-order valence-electron chi connectivity index (χ2n) is 5.71. The molecular weight excluding hydrogens is 252 g/mol. The maximum absolute atomic E-state index is 5.40. The van der Waals surface area contributed by atoms with E-state index < -0.39 is 0 Å². The molecule has 2 heterocycles. The number of hydrogen-bond acceptors (Lipinski definition) is 5. The zero-order valence-corrected chi connectivity index (χ0v) is 13.1. The van der Waals surface area contributed by atoms with E-state index in [0.29, 0.717) is 12.1 Å². The highest BCUT2D eigenvalue weighted by molar-refractivity contribution is 4.91. The first-order valence-electron chi connectivity index (χ1n) is 8.05. The zero-order valence-electron chi connectivity index (χ0n) is 13.1. The van der Waals surface area contributed by atoms with Gasteiger partial charge in [-0.25, -0.2) is 0 Å². The van der Waals surface area contributed by atoms with Gasteiger partial charge in [0.05, 0.1) is 6.54 Å².